The number of rotatable bonds is 6. The highest BCUT2D eigenvalue weighted by atomic mass is 127. The molecule has 0 aliphatic rings. The molecule has 2 aromatic carbocycles. The van der Waals surface area contributed by atoms with Crippen LogP contribution in [0.2, 0.25) is 5.02 Å². The summed E-state index contributed by atoms with van der Waals surface area (Å²) in [6.45, 7) is 0.865. The van der Waals surface area contributed by atoms with Gasteiger partial charge in [-0.05, 0) is 65.4 Å². The third kappa shape index (κ3) is 5.38. The van der Waals surface area contributed by atoms with E-state index in [1.807, 2.05) is 0 Å². The molecule has 24 heavy (non-hydrogen) atoms. The topological polar surface area (TPSA) is 78.4 Å². The number of benzene rings is 2. The Morgan fingerprint density at radius 2 is 1.75 bits per heavy atom. The summed E-state index contributed by atoms with van der Waals surface area (Å²) in [6, 6.07) is 11.2. The zero-order chi connectivity index (χ0) is 17.5. The highest BCUT2D eigenvalue weighted by molar-refractivity contribution is 14.1. The number of halogens is 2. The average molecular weight is 459 g/mol. The highest BCUT2D eigenvalue weighted by Crippen LogP contribution is 2.17. The molecule has 0 saturated heterocycles. The van der Waals surface area contributed by atoms with Crippen LogP contribution >= 0.6 is 34.2 Å². The molecule has 0 aromatic heterocycles. The maximum absolute atomic E-state index is 12.1. The van der Waals surface area contributed by atoms with Crippen molar-refractivity contribution in [1.82, 2.24) is 10.6 Å². The third-order valence-corrected chi connectivity index (χ3v) is 4.34. The van der Waals surface area contributed by atoms with Crippen LogP contribution in [0.3, 0.4) is 0 Å². The van der Waals surface area contributed by atoms with Crippen LogP contribution in [0.4, 0.5) is 0 Å². The lowest BCUT2D eigenvalue weighted by Crippen LogP contribution is -2.30. The van der Waals surface area contributed by atoms with Crippen molar-refractivity contribution in [2.45, 2.75) is 6.42 Å². The summed E-state index contributed by atoms with van der Waals surface area (Å²) in [5, 5.41) is 15.5. The van der Waals surface area contributed by atoms with Crippen LogP contribution in [0.25, 0.3) is 0 Å². The molecule has 0 atom stereocenters. The van der Waals surface area contributed by atoms with Crippen LogP contribution in [-0.4, -0.2) is 30.0 Å². The number of amides is 2. The van der Waals surface area contributed by atoms with Gasteiger partial charge in [-0.1, -0.05) is 17.7 Å². The summed E-state index contributed by atoms with van der Waals surface area (Å²) < 4.78 is 0.787. The maximum Gasteiger partial charge on any atom is 0.252 e. The van der Waals surface area contributed by atoms with Crippen molar-refractivity contribution in [1.29, 1.82) is 0 Å². The number of carbonyl (C=O) groups is 2. The van der Waals surface area contributed by atoms with E-state index in [4.69, 9.17) is 11.6 Å². The van der Waals surface area contributed by atoms with Crippen LogP contribution in [0.1, 0.15) is 27.1 Å². The molecule has 0 saturated carbocycles. The molecule has 2 aromatic rings. The second-order valence-corrected chi connectivity index (χ2v) is 6.64. The molecule has 0 aliphatic heterocycles. The van der Waals surface area contributed by atoms with E-state index < -0.39 is 0 Å². The number of hydrogen-bond acceptors (Lipinski definition) is 3. The van der Waals surface area contributed by atoms with Gasteiger partial charge >= 0.3 is 0 Å². The lowest BCUT2D eigenvalue weighted by Gasteiger charge is -2.08. The van der Waals surface area contributed by atoms with E-state index in [-0.39, 0.29) is 17.6 Å². The van der Waals surface area contributed by atoms with Gasteiger partial charge in [0, 0.05) is 27.2 Å². The molecule has 0 spiro atoms. The van der Waals surface area contributed by atoms with Crippen molar-refractivity contribution in [3.8, 4) is 5.75 Å². The first-order chi connectivity index (χ1) is 11.5. The van der Waals surface area contributed by atoms with Gasteiger partial charge in [-0.25, -0.2) is 0 Å². The van der Waals surface area contributed by atoms with E-state index in [2.05, 4.69) is 33.2 Å². The molecule has 3 N–H and O–H groups in total. The van der Waals surface area contributed by atoms with Crippen molar-refractivity contribution in [2.75, 3.05) is 13.1 Å². The summed E-state index contributed by atoms with van der Waals surface area (Å²) in [5.74, 6) is -0.382. The van der Waals surface area contributed by atoms with Crippen LogP contribution in [0, 0.1) is 3.57 Å². The Labute approximate surface area is 158 Å². The Morgan fingerprint density at radius 3 is 2.42 bits per heavy atom. The highest BCUT2D eigenvalue weighted by Gasteiger charge is 2.10. The predicted molar refractivity (Wildman–Crippen MR) is 102 cm³/mol. The van der Waals surface area contributed by atoms with E-state index in [9.17, 15) is 14.7 Å². The Morgan fingerprint density at radius 1 is 1.04 bits per heavy atom. The lowest BCUT2D eigenvalue weighted by atomic mass is 10.2. The molecule has 2 rings (SSSR count). The summed E-state index contributed by atoms with van der Waals surface area (Å²) in [5.41, 5.74) is 0.971. The molecule has 5 nitrogen and oxygen atoms in total. The first-order valence-electron chi connectivity index (χ1n) is 7.28. The largest absolute Gasteiger partial charge is 0.508 e. The van der Waals surface area contributed by atoms with E-state index in [1.165, 1.54) is 12.1 Å². The molecule has 0 fully saturated rings. The minimum atomic E-state index is -0.260. The summed E-state index contributed by atoms with van der Waals surface area (Å²) in [4.78, 5) is 23.9. The minimum Gasteiger partial charge on any atom is -0.508 e. The number of nitrogens with one attached hydrogen (secondary N) is 2. The molecule has 0 bridgehead atoms. The van der Waals surface area contributed by atoms with E-state index >= 15 is 0 Å². The molecular weight excluding hydrogens is 443 g/mol. The lowest BCUT2D eigenvalue weighted by molar-refractivity contribution is 0.0951. The summed E-state index contributed by atoms with van der Waals surface area (Å²) in [6.07, 6.45) is 0.598. The fourth-order valence-electron chi connectivity index (χ4n) is 2.01. The monoisotopic (exact) mass is 458 g/mol. The van der Waals surface area contributed by atoms with Crippen molar-refractivity contribution in [2.24, 2.45) is 0 Å². The van der Waals surface area contributed by atoms with Gasteiger partial charge in [-0.2, -0.15) is 0 Å². The maximum atomic E-state index is 12.1. The first kappa shape index (κ1) is 18.5. The van der Waals surface area contributed by atoms with Crippen LogP contribution in [0.15, 0.2) is 42.5 Å². The first-order valence-corrected chi connectivity index (χ1v) is 8.73. The molecule has 2 amide bonds. The van der Waals surface area contributed by atoms with Gasteiger partial charge in [0.15, 0.2) is 0 Å². The van der Waals surface area contributed by atoms with E-state index in [1.54, 1.807) is 30.3 Å². The zero-order valence-electron chi connectivity index (χ0n) is 12.7. The molecule has 0 radical (unpaired) electrons. The van der Waals surface area contributed by atoms with Crippen molar-refractivity contribution >= 4 is 46.0 Å². The normalized spacial score (nSPS) is 10.2. The summed E-state index contributed by atoms with van der Waals surface area (Å²) in [7, 11) is 0. The van der Waals surface area contributed by atoms with Gasteiger partial charge in [-0.3, -0.25) is 9.59 Å². The number of carbonyl (C=O) groups excluding carboxylic acids is 2. The number of phenols is 1. The number of hydrogen-bond donors (Lipinski definition) is 3. The fourth-order valence-corrected chi connectivity index (χ4v) is 3.13. The van der Waals surface area contributed by atoms with Gasteiger partial charge in [0.05, 0.1) is 5.56 Å². The smallest absolute Gasteiger partial charge is 0.252 e. The Hall–Kier alpha value is -1.80. The quantitative estimate of drug-likeness (QED) is 0.459. The van der Waals surface area contributed by atoms with Gasteiger partial charge in [-0.15, -0.1) is 0 Å². The molecule has 126 valence electrons. The minimum absolute atomic E-state index is 0.0486. The zero-order valence-corrected chi connectivity index (χ0v) is 15.6. The average Bonchev–Trinajstić information content (AvgIpc) is 2.54. The van der Waals surface area contributed by atoms with Gasteiger partial charge < -0.3 is 15.7 Å². The van der Waals surface area contributed by atoms with Gasteiger partial charge in [0.25, 0.3) is 11.8 Å². The van der Waals surface area contributed by atoms with Crippen molar-refractivity contribution in [3.63, 3.8) is 0 Å². The van der Waals surface area contributed by atoms with Crippen LogP contribution in [-0.2, 0) is 0 Å². The van der Waals surface area contributed by atoms with E-state index in [0.717, 1.165) is 3.57 Å². The van der Waals surface area contributed by atoms with Gasteiger partial charge in [0.2, 0.25) is 0 Å². The number of phenolic OH excluding ortho intramolecular Hbond substituents is 1. The molecular formula is C17H16ClIN2O3. The standard InChI is InChI=1S/C17H16ClIN2O3/c18-12-5-6-14(15(19)10-12)17(24)21-8-2-7-20-16(23)11-3-1-4-13(22)9-11/h1,3-6,9-10,22H,2,7-8H2,(H,20,23)(H,21,24). The summed E-state index contributed by atoms with van der Waals surface area (Å²) >= 11 is 7.93. The Kier molecular flexibility index (Phi) is 6.86. The Balaban J connectivity index is 1.73. The van der Waals surface area contributed by atoms with Gasteiger partial charge in [0.1, 0.15) is 5.75 Å². The molecule has 7 heteroatoms. The second-order valence-electron chi connectivity index (χ2n) is 5.04. The van der Waals surface area contributed by atoms with E-state index in [0.29, 0.717) is 35.7 Å². The predicted octanol–water partition coefficient (Wildman–Crippen LogP) is 3.20. The SMILES string of the molecule is O=C(NCCCNC(=O)c1ccc(Cl)cc1I)c1cccc(O)c1. The molecule has 0 aliphatic carbocycles. The molecule has 0 heterocycles. The number of aromatic hydroxyl groups is 1. The van der Waals surface area contributed by atoms with Crippen LogP contribution < -0.4 is 10.6 Å². The molecule has 0 unspecified atom stereocenters. The fraction of sp³-hybridized carbons (Fsp3) is 0.176. The Bertz CT molecular complexity index is 752. The van der Waals surface area contributed by atoms with Crippen molar-refractivity contribution < 1.29 is 14.7 Å². The van der Waals surface area contributed by atoms with Crippen LogP contribution in [0.5, 0.6) is 5.75 Å². The van der Waals surface area contributed by atoms with Crippen molar-refractivity contribution in [3.05, 3.63) is 62.2 Å². The second kappa shape index (κ2) is 8.89. The third-order valence-electron chi connectivity index (χ3n) is 3.21.